The lowest BCUT2D eigenvalue weighted by Crippen LogP contribution is -2.51. The van der Waals surface area contributed by atoms with Crippen LogP contribution in [0, 0.1) is 0 Å². The van der Waals surface area contributed by atoms with Gasteiger partial charge in [-0.3, -0.25) is 4.79 Å². The summed E-state index contributed by atoms with van der Waals surface area (Å²) in [5.41, 5.74) is 2.26. The summed E-state index contributed by atoms with van der Waals surface area (Å²) in [4.78, 5) is 13.3. The number of benzene rings is 2. The van der Waals surface area contributed by atoms with Crippen molar-refractivity contribution in [3.05, 3.63) is 59.7 Å². The van der Waals surface area contributed by atoms with Crippen molar-refractivity contribution in [2.24, 2.45) is 0 Å². The smallest absolute Gasteiger partial charge is 0.243 e. The molecule has 0 radical (unpaired) electrons. The molecule has 1 N–H and O–H groups in total. The van der Waals surface area contributed by atoms with Gasteiger partial charge >= 0.3 is 0 Å². The Morgan fingerprint density at radius 1 is 0.969 bits per heavy atom. The molecule has 172 valence electrons. The zero-order valence-corrected chi connectivity index (χ0v) is 19.5. The Hall–Kier alpha value is -2.27. The molecule has 0 bridgehead atoms. The standard InChI is InChI=1S/C22H27N3O5S2/c1-2-31(27,28)25-16-18-8-4-3-7-17(18)15-21(25)22(26)23-19-9-11-20(12-10-19)32(29,30)24-13-5-6-14-24/h3-4,7-12,21H,2,5-6,13-16H2,1H3,(H,23,26)/t21-/m1/s1. The van der Waals surface area contributed by atoms with E-state index in [9.17, 15) is 21.6 Å². The molecule has 1 amide bonds. The molecule has 0 unspecified atom stereocenters. The molecule has 2 aliphatic rings. The van der Waals surface area contributed by atoms with Crippen LogP contribution in [0.15, 0.2) is 53.4 Å². The lowest BCUT2D eigenvalue weighted by molar-refractivity contribution is -0.120. The molecular weight excluding hydrogens is 450 g/mol. The quantitative estimate of drug-likeness (QED) is 0.687. The van der Waals surface area contributed by atoms with Gasteiger partial charge in [0.15, 0.2) is 0 Å². The number of rotatable bonds is 6. The number of amides is 1. The minimum absolute atomic E-state index is 0.0952. The second-order valence-corrected chi connectivity index (χ2v) is 12.2. The number of carbonyl (C=O) groups is 1. The van der Waals surface area contributed by atoms with E-state index in [-0.39, 0.29) is 23.6 Å². The van der Waals surface area contributed by atoms with Crippen LogP contribution in [0.3, 0.4) is 0 Å². The Bertz CT molecular complexity index is 1200. The third-order valence-corrected chi connectivity index (χ3v) is 9.80. The number of fused-ring (bicyclic) bond motifs is 1. The first-order chi connectivity index (χ1) is 15.2. The molecule has 2 aliphatic heterocycles. The van der Waals surface area contributed by atoms with E-state index in [2.05, 4.69) is 5.32 Å². The molecule has 32 heavy (non-hydrogen) atoms. The van der Waals surface area contributed by atoms with Crippen molar-refractivity contribution < 1.29 is 21.6 Å². The topological polar surface area (TPSA) is 104 Å². The third kappa shape index (κ3) is 4.45. The van der Waals surface area contributed by atoms with E-state index in [1.54, 1.807) is 6.92 Å². The number of nitrogens with one attached hydrogen (secondary N) is 1. The van der Waals surface area contributed by atoms with Crippen LogP contribution in [-0.2, 0) is 37.8 Å². The van der Waals surface area contributed by atoms with Gasteiger partial charge in [-0.25, -0.2) is 16.8 Å². The van der Waals surface area contributed by atoms with Gasteiger partial charge in [-0.15, -0.1) is 0 Å². The summed E-state index contributed by atoms with van der Waals surface area (Å²) in [7, 11) is -7.13. The van der Waals surface area contributed by atoms with Gasteiger partial charge in [0.05, 0.1) is 10.6 Å². The van der Waals surface area contributed by atoms with Crippen LogP contribution in [0.25, 0.3) is 0 Å². The lowest BCUT2D eigenvalue weighted by Gasteiger charge is -2.34. The highest BCUT2D eigenvalue weighted by molar-refractivity contribution is 7.89. The van der Waals surface area contributed by atoms with Crippen molar-refractivity contribution in [2.45, 2.75) is 43.7 Å². The van der Waals surface area contributed by atoms with Crippen LogP contribution in [-0.4, -0.2) is 56.2 Å². The summed E-state index contributed by atoms with van der Waals surface area (Å²) in [5, 5.41) is 2.76. The normalized spacial score (nSPS) is 20.1. The van der Waals surface area contributed by atoms with Crippen LogP contribution in [0.1, 0.15) is 30.9 Å². The van der Waals surface area contributed by atoms with Gasteiger partial charge in [0.1, 0.15) is 6.04 Å². The van der Waals surface area contributed by atoms with E-state index in [1.165, 1.54) is 32.9 Å². The fourth-order valence-corrected chi connectivity index (χ4v) is 6.94. The zero-order valence-electron chi connectivity index (χ0n) is 17.9. The largest absolute Gasteiger partial charge is 0.325 e. The number of hydrogen-bond acceptors (Lipinski definition) is 5. The SMILES string of the molecule is CCS(=O)(=O)N1Cc2ccccc2C[C@@H]1C(=O)Nc1ccc(S(=O)(=O)N2CCCC2)cc1. The zero-order chi connectivity index (χ0) is 22.9. The van der Waals surface area contributed by atoms with Crippen molar-refractivity contribution in [3.8, 4) is 0 Å². The van der Waals surface area contributed by atoms with Crippen LogP contribution in [0.4, 0.5) is 5.69 Å². The van der Waals surface area contributed by atoms with Gasteiger partial charge < -0.3 is 5.32 Å². The van der Waals surface area contributed by atoms with Gasteiger partial charge in [-0.1, -0.05) is 24.3 Å². The lowest BCUT2D eigenvalue weighted by atomic mass is 9.95. The van der Waals surface area contributed by atoms with Crippen molar-refractivity contribution in [2.75, 3.05) is 24.2 Å². The van der Waals surface area contributed by atoms with E-state index >= 15 is 0 Å². The monoisotopic (exact) mass is 477 g/mol. The minimum Gasteiger partial charge on any atom is -0.325 e. The van der Waals surface area contributed by atoms with Gasteiger partial charge in [0.25, 0.3) is 0 Å². The first-order valence-electron chi connectivity index (χ1n) is 10.7. The number of sulfonamides is 2. The molecule has 0 aromatic heterocycles. The van der Waals surface area contributed by atoms with E-state index in [0.717, 1.165) is 24.0 Å². The maximum absolute atomic E-state index is 13.1. The Kier molecular flexibility index (Phi) is 6.39. The predicted molar refractivity (Wildman–Crippen MR) is 122 cm³/mol. The highest BCUT2D eigenvalue weighted by Crippen LogP contribution is 2.27. The molecule has 2 aromatic rings. The fraction of sp³-hybridized carbons (Fsp3) is 0.409. The summed E-state index contributed by atoms with van der Waals surface area (Å²) in [6.07, 6.45) is 1.99. The number of anilines is 1. The summed E-state index contributed by atoms with van der Waals surface area (Å²) >= 11 is 0. The number of nitrogens with zero attached hydrogens (tertiary/aromatic N) is 2. The van der Waals surface area contributed by atoms with E-state index < -0.39 is 32.0 Å². The second-order valence-electron chi connectivity index (χ2n) is 8.06. The van der Waals surface area contributed by atoms with Gasteiger partial charge in [-0.05, 0) is 61.6 Å². The Balaban J connectivity index is 1.54. The Morgan fingerprint density at radius 2 is 1.59 bits per heavy atom. The molecule has 0 saturated carbocycles. The van der Waals surface area contributed by atoms with Crippen molar-refractivity contribution in [1.82, 2.24) is 8.61 Å². The van der Waals surface area contributed by atoms with E-state index in [0.29, 0.717) is 18.8 Å². The minimum atomic E-state index is -3.60. The molecule has 1 atom stereocenters. The van der Waals surface area contributed by atoms with Gasteiger partial charge in [0, 0.05) is 25.3 Å². The number of hydrogen-bond donors (Lipinski definition) is 1. The van der Waals surface area contributed by atoms with Crippen LogP contribution < -0.4 is 5.32 Å². The van der Waals surface area contributed by atoms with Gasteiger partial charge in [0.2, 0.25) is 26.0 Å². The van der Waals surface area contributed by atoms with E-state index in [1.807, 2.05) is 24.3 Å². The van der Waals surface area contributed by atoms with Crippen molar-refractivity contribution in [1.29, 1.82) is 0 Å². The molecular formula is C22H27N3O5S2. The van der Waals surface area contributed by atoms with Crippen LogP contribution in [0.2, 0.25) is 0 Å². The van der Waals surface area contributed by atoms with Crippen LogP contribution >= 0.6 is 0 Å². The maximum Gasteiger partial charge on any atom is 0.243 e. The summed E-state index contributed by atoms with van der Waals surface area (Å²) in [6, 6.07) is 12.7. The molecule has 1 fully saturated rings. The highest BCUT2D eigenvalue weighted by atomic mass is 32.2. The molecule has 2 heterocycles. The summed E-state index contributed by atoms with van der Waals surface area (Å²) in [5.74, 6) is -0.533. The van der Waals surface area contributed by atoms with Crippen LogP contribution in [0.5, 0.6) is 0 Å². The van der Waals surface area contributed by atoms with Crippen molar-refractivity contribution in [3.63, 3.8) is 0 Å². The number of carbonyl (C=O) groups excluding carboxylic acids is 1. The molecule has 10 heteroatoms. The van der Waals surface area contributed by atoms with Gasteiger partial charge in [-0.2, -0.15) is 8.61 Å². The fourth-order valence-electron chi connectivity index (χ4n) is 4.19. The molecule has 8 nitrogen and oxygen atoms in total. The first kappa shape index (κ1) is 22.9. The third-order valence-electron chi connectivity index (χ3n) is 6.05. The van der Waals surface area contributed by atoms with Crippen molar-refractivity contribution >= 4 is 31.6 Å². The summed E-state index contributed by atoms with van der Waals surface area (Å²) < 4.78 is 53.5. The second kappa shape index (κ2) is 8.93. The molecule has 0 spiro atoms. The predicted octanol–water partition coefficient (Wildman–Crippen LogP) is 2.19. The molecule has 2 aromatic carbocycles. The summed E-state index contributed by atoms with van der Waals surface area (Å²) in [6.45, 7) is 2.75. The average molecular weight is 478 g/mol. The molecule has 4 rings (SSSR count). The van der Waals surface area contributed by atoms with E-state index in [4.69, 9.17) is 0 Å². The Morgan fingerprint density at radius 3 is 2.22 bits per heavy atom. The molecule has 0 aliphatic carbocycles. The Labute approximate surface area is 189 Å². The highest BCUT2D eigenvalue weighted by Gasteiger charge is 2.38. The first-order valence-corrected chi connectivity index (χ1v) is 13.7. The maximum atomic E-state index is 13.1. The average Bonchev–Trinajstić information content (AvgIpc) is 3.34. The molecule has 1 saturated heterocycles.